The molecule has 21 heavy (non-hydrogen) atoms. The predicted molar refractivity (Wildman–Crippen MR) is 80.7 cm³/mol. The van der Waals surface area contributed by atoms with Gasteiger partial charge in [0.05, 0.1) is 19.9 Å². The van der Waals surface area contributed by atoms with E-state index in [-0.39, 0.29) is 6.04 Å². The Balaban J connectivity index is 2.28. The smallest absolute Gasteiger partial charge is 0.127 e. The van der Waals surface area contributed by atoms with Gasteiger partial charge in [-0.3, -0.25) is 4.68 Å². The maximum Gasteiger partial charge on any atom is 0.127 e. The zero-order valence-electron chi connectivity index (χ0n) is 13.0. The number of methoxy groups -OCH3 is 2. The fraction of sp³-hybridized carbons (Fsp3) is 0.467. The summed E-state index contributed by atoms with van der Waals surface area (Å²) < 4.78 is 12.5. The van der Waals surface area contributed by atoms with E-state index in [4.69, 9.17) is 9.47 Å². The first kappa shape index (κ1) is 15.3. The molecule has 6 heteroatoms. The zero-order chi connectivity index (χ0) is 15.2. The Labute approximate surface area is 125 Å². The third kappa shape index (κ3) is 3.72. The number of hydrogen-bond acceptors (Lipinski definition) is 5. The van der Waals surface area contributed by atoms with Crippen LogP contribution in [-0.4, -0.2) is 35.8 Å². The highest BCUT2D eigenvalue weighted by atomic mass is 16.5. The van der Waals surface area contributed by atoms with Crippen LogP contribution in [-0.2, 0) is 13.5 Å². The standard InChI is InChI=1S/C15H22N4O2/c1-5-16-14(8-11-10-19(2)18-17-11)13-7-6-12(20-3)9-15(13)21-4/h6-7,9-10,14,16H,5,8H2,1-4H3. The number of benzene rings is 1. The van der Waals surface area contributed by atoms with E-state index in [1.807, 2.05) is 31.4 Å². The Bertz CT molecular complexity index is 583. The van der Waals surface area contributed by atoms with Crippen molar-refractivity contribution in [3.05, 3.63) is 35.7 Å². The minimum Gasteiger partial charge on any atom is -0.497 e. The molecule has 1 aromatic heterocycles. The molecule has 0 fully saturated rings. The van der Waals surface area contributed by atoms with E-state index in [1.54, 1.807) is 18.9 Å². The van der Waals surface area contributed by atoms with Gasteiger partial charge in [-0.1, -0.05) is 18.2 Å². The van der Waals surface area contributed by atoms with Gasteiger partial charge in [0.2, 0.25) is 0 Å². The highest BCUT2D eigenvalue weighted by Crippen LogP contribution is 2.31. The first-order valence-corrected chi connectivity index (χ1v) is 6.98. The summed E-state index contributed by atoms with van der Waals surface area (Å²) in [6, 6.07) is 5.99. The first-order valence-electron chi connectivity index (χ1n) is 6.98. The van der Waals surface area contributed by atoms with Crippen molar-refractivity contribution >= 4 is 0 Å². The van der Waals surface area contributed by atoms with E-state index < -0.39 is 0 Å². The maximum absolute atomic E-state index is 5.50. The molecule has 0 radical (unpaired) electrons. The van der Waals surface area contributed by atoms with Gasteiger partial charge >= 0.3 is 0 Å². The average molecular weight is 290 g/mol. The molecule has 1 atom stereocenters. The number of rotatable bonds is 7. The molecule has 2 rings (SSSR count). The van der Waals surface area contributed by atoms with Crippen LogP contribution < -0.4 is 14.8 Å². The largest absolute Gasteiger partial charge is 0.497 e. The van der Waals surface area contributed by atoms with Crippen LogP contribution in [0, 0.1) is 0 Å². The quantitative estimate of drug-likeness (QED) is 0.841. The van der Waals surface area contributed by atoms with Gasteiger partial charge in [-0.25, -0.2) is 0 Å². The lowest BCUT2D eigenvalue weighted by Gasteiger charge is -2.20. The lowest BCUT2D eigenvalue weighted by molar-refractivity contribution is 0.384. The molecule has 114 valence electrons. The number of hydrogen-bond donors (Lipinski definition) is 1. The van der Waals surface area contributed by atoms with Crippen LogP contribution in [0.3, 0.4) is 0 Å². The first-order chi connectivity index (χ1) is 10.2. The topological polar surface area (TPSA) is 61.2 Å². The SMILES string of the molecule is CCNC(Cc1cn(C)nn1)c1ccc(OC)cc1OC. The number of aryl methyl sites for hydroxylation is 1. The summed E-state index contributed by atoms with van der Waals surface area (Å²) in [5, 5.41) is 11.6. The summed E-state index contributed by atoms with van der Waals surface area (Å²) in [5.41, 5.74) is 2.03. The second-order valence-electron chi connectivity index (χ2n) is 4.81. The Hall–Kier alpha value is -2.08. The summed E-state index contributed by atoms with van der Waals surface area (Å²) in [7, 11) is 5.19. The number of nitrogens with one attached hydrogen (secondary N) is 1. The van der Waals surface area contributed by atoms with Gasteiger partial charge < -0.3 is 14.8 Å². The molecule has 0 saturated heterocycles. The van der Waals surface area contributed by atoms with Crippen molar-refractivity contribution in [2.45, 2.75) is 19.4 Å². The molecule has 0 saturated carbocycles. The highest BCUT2D eigenvalue weighted by molar-refractivity contribution is 5.42. The average Bonchev–Trinajstić information content (AvgIpc) is 2.91. The van der Waals surface area contributed by atoms with E-state index in [0.717, 1.165) is 35.7 Å². The highest BCUT2D eigenvalue weighted by Gasteiger charge is 2.18. The second-order valence-corrected chi connectivity index (χ2v) is 4.81. The molecular formula is C15H22N4O2. The van der Waals surface area contributed by atoms with Crippen LogP contribution in [0.1, 0.15) is 24.2 Å². The van der Waals surface area contributed by atoms with E-state index in [1.165, 1.54) is 0 Å². The van der Waals surface area contributed by atoms with Crippen molar-refractivity contribution in [2.24, 2.45) is 7.05 Å². The van der Waals surface area contributed by atoms with Crippen molar-refractivity contribution in [3.63, 3.8) is 0 Å². The second kappa shape index (κ2) is 7.08. The Morgan fingerprint density at radius 1 is 1.29 bits per heavy atom. The summed E-state index contributed by atoms with van der Waals surface area (Å²) in [6.07, 6.45) is 2.69. The van der Waals surface area contributed by atoms with Crippen LogP contribution in [0.5, 0.6) is 11.5 Å². The van der Waals surface area contributed by atoms with Crippen molar-refractivity contribution in [2.75, 3.05) is 20.8 Å². The number of nitrogens with zero attached hydrogens (tertiary/aromatic N) is 3. The fourth-order valence-electron chi connectivity index (χ4n) is 2.34. The van der Waals surface area contributed by atoms with Crippen LogP contribution >= 0.6 is 0 Å². The zero-order valence-corrected chi connectivity index (χ0v) is 13.0. The van der Waals surface area contributed by atoms with E-state index in [0.29, 0.717) is 0 Å². The monoisotopic (exact) mass is 290 g/mol. The molecular weight excluding hydrogens is 268 g/mol. The molecule has 0 bridgehead atoms. The predicted octanol–water partition coefficient (Wildman–Crippen LogP) is 1.73. The Kier molecular flexibility index (Phi) is 5.16. The molecule has 0 spiro atoms. The van der Waals surface area contributed by atoms with E-state index in [9.17, 15) is 0 Å². The van der Waals surface area contributed by atoms with Crippen LogP contribution in [0.4, 0.5) is 0 Å². The molecule has 6 nitrogen and oxygen atoms in total. The van der Waals surface area contributed by atoms with Crippen molar-refractivity contribution in [3.8, 4) is 11.5 Å². The van der Waals surface area contributed by atoms with E-state index >= 15 is 0 Å². The van der Waals surface area contributed by atoms with Crippen molar-refractivity contribution in [1.82, 2.24) is 20.3 Å². The molecule has 1 unspecified atom stereocenters. The lowest BCUT2D eigenvalue weighted by atomic mass is 10.0. The molecule has 0 aliphatic rings. The van der Waals surface area contributed by atoms with Crippen LogP contribution in [0.25, 0.3) is 0 Å². The van der Waals surface area contributed by atoms with Crippen molar-refractivity contribution in [1.29, 1.82) is 0 Å². The van der Waals surface area contributed by atoms with E-state index in [2.05, 4.69) is 22.6 Å². The van der Waals surface area contributed by atoms with Gasteiger partial charge in [0, 0.05) is 37.3 Å². The lowest BCUT2D eigenvalue weighted by Crippen LogP contribution is -2.23. The van der Waals surface area contributed by atoms with Gasteiger partial charge in [-0.05, 0) is 12.6 Å². The fourth-order valence-corrected chi connectivity index (χ4v) is 2.34. The third-order valence-corrected chi connectivity index (χ3v) is 3.33. The van der Waals surface area contributed by atoms with Gasteiger partial charge in [-0.15, -0.1) is 5.10 Å². The third-order valence-electron chi connectivity index (χ3n) is 3.33. The Morgan fingerprint density at radius 3 is 2.67 bits per heavy atom. The molecule has 0 amide bonds. The molecule has 1 N–H and O–H groups in total. The van der Waals surface area contributed by atoms with Crippen LogP contribution in [0.2, 0.25) is 0 Å². The van der Waals surface area contributed by atoms with Crippen molar-refractivity contribution < 1.29 is 9.47 Å². The molecule has 1 heterocycles. The summed E-state index contributed by atoms with van der Waals surface area (Å²) in [4.78, 5) is 0. The minimum absolute atomic E-state index is 0.118. The summed E-state index contributed by atoms with van der Waals surface area (Å²) in [5.74, 6) is 1.59. The van der Waals surface area contributed by atoms with Gasteiger partial charge in [-0.2, -0.15) is 0 Å². The van der Waals surface area contributed by atoms with Crippen LogP contribution in [0.15, 0.2) is 24.4 Å². The molecule has 0 aliphatic carbocycles. The molecule has 0 aliphatic heterocycles. The number of aromatic nitrogens is 3. The molecule has 2 aromatic rings. The summed E-state index contributed by atoms with van der Waals surface area (Å²) in [6.45, 7) is 2.94. The Morgan fingerprint density at radius 2 is 2.10 bits per heavy atom. The normalized spacial score (nSPS) is 12.2. The maximum atomic E-state index is 5.50. The number of likely N-dealkylation sites (N-methyl/N-ethyl adjacent to an activating group) is 1. The van der Waals surface area contributed by atoms with Gasteiger partial charge in [0.1, 0.15) is 11.5 Å². The van der Waals surface area contributed by atoms with Gasteiger partial charge in [0.25, 0.3) is 0 Å². The van der Waals surface area contributed by atoms with Gasteiger partial charge in [0.15, 0.2) is 0 Å². The summed E-state index contributed by atoms with van der Waals surface area (Å²) >= 11 is 0. The minimum atomic E-state index is 0.118. The molecule has 1 aromatic carbocycles. The number of ether oxygens (including phenoxy) is 2.